The van der Waals surface area contributed by atoms with E-state index < -0.39 is 28.5 Å². The largest absolute Gasteiger partial charge is 0.492 e. The molecule has 0 bridgehead atoms. The van der Waals surface area contributed by atoms with Crippen LogP contribution < -0.4 is 14.4 Å². The Morgan fingerprint density at radius 1 is 0.976 bits per heavy atom. The minimum Gasteiger partial charge on any atom is -0.492 e. The smallest absolute Gasteiger partial charge is 0.264 e. The summed E-state index contributed by atoms with van der Waals surface area (Å²) in [7, 11) is -4.19. The molecule has 3 aromatic carbocycles. The van der Waals surface area contributed by atoms with Gasteiger partial charge in [-0.15, -0.1) is 0 Å². The molecule has 0 fully saturated rings. The average Bonchev–Trinajstić information content (AvgIpc) is 2.93. The SMILES string of the molecule is CCOc1ccccc1N(CC(=O)N(Cc1cccc(Br)c1)[C@H](C)C(=O)NCC(C)C)S(=O)(=O)c1ccc(C)cc1. The Bertz CT molecular complexity index is 1440. The van der Waals surface area contributed by atoms with Gasteiger partial charge in [-0.2, -0.15) is 0 Å². The normalized spacial score (nSPS) is 12.1. The Kier molecular flexibility index (Phi) is 11.4. The lowest BCUT2D eigenvalue weighted by atomic mass is 10.1. The standard InChI is InChI=1S/C31H38BrN3O5S/c1-6-40-29-13-8-7-12-28(29)35(41(38,39)27-16-14-23(4)15-17-27)21-30(36)34(20-25-10-9-11-26(32)18-25)24(5)31(37)33-19-22(2)3/h7-18,22,24H,6,19-21H2,1-5H3,(H,33,37)/t24-/m1/s1. The van der Waals surface area contributed by atoms with Gasteiger partial charge >= 0.3 is 0 Å². The molecule has 0 unspecified atom stereocenters. The Morgan fingerprint density at radius 3 is 2.29 bits per heavy atom. The van der Waals surface area contributed by atoms with E-state index in [1.165, 1.54) is 17.0 Å². The summed E-state index contributed by atoms with van der Waals surface area (Å²) in [6, 6.07) is 19.8. The van der Waals surface area contributed by atoms with Gasteiger partial charge in [0.1, 0.15) is 18.3 Å². The number of nitrogens with zero attached hydrogens (tertiary/aromatic N) is 2. The summed E-state index contributed by atoms with van der Waals surface area (Å²) in [5.74, 6) is -0.283. The first-order valence-electron chi connectivity index (χ1n) is 13.6. The van der Waals surface area contributed by atoms with Gasteiger partial charge in [-0.05, 0) is 68.7 Å². The molecule has 41 heavy (non-hydrogen) atoms. The maximum Gasteiger partial charge on any atom is 0.264 e. The van der Waals surface area contributed by atoms with Crippen LogP contribution in [-0.2, 0) is 26.2 Å². The molecule has 3 rings (SSSR count). The summed E-state index contributed by atoms with van der Waals surface area (Å²) in [5, 5.41) is 2.89. The molecule has 2 amide bonds. The molecule has 3 aromatic rings. The van der Waals surface area contributed by atoms with E-state index >= 15 is 0 Å². The number of ether oxygens (including phenoxy) is 1. The first-order valence-corrected chi connectivity index (χ1v) is 15.8. The third-order valence-electron chi connectivity index (χ3n) is 6.42. The number of aryl methyl sites for hydroxylation is 1. The van der Waals surface area contributed by atoms with Crippen LogP contribution in [0.1, 0.15) is 38.8 Å². The maximum absolute atomic E-state index is 14.1. The van der Waals surface area contributed by atoms with Gasteiger partial charge in [0, 0.05) is 17.6 Å². The average molecular weight is 645 g/mol. The number of rotatable bonds is 13. The second kappa shape index (κ2) is 14.5. The molecule has 1 atom stereocenters. The summed E-state index contributed by atoms with van der Waals surface area (Å²) in [4.78, 5) is 28.7. The topological polar surface area (TPSA) is 96.0 Å². The molecule has 0 saturated heterocycles. The quantitative estimate of drug-likeness (QED) is 0.264. The lowest BCUT2D eigenvalue weighted by molar-refractivity contribution is -0.139. The van der Waals surface area contributed by atoms with E-state index in [1.54, 1.807) is 50.2 Å². The van der Waals surface area contributed by atoms with Gasteiger partial charge in [0.15, 0.2) is 0 Å². The summed E-state index contributed by atoms with van der Waals surface area (Å²) in [6.45, 7) is 9.64. The molecule has 0 aliphatic heterocycles. The van der Waals surface area contributed by atoms with Crippen molar-refractivity contribution in [2.45, 2.75) is 52.1 Å². The first-order chi connectivity index (χ1) is 19.4. The number of halogens is 1. The molecule has 220 valence electrons. The lowest BCUT2D eigenvalue weighted by Crippen LogP contribution is -2.51. The van der Waals surface area contributed by atoms with Crippen LogP contribution in [0.5, 0.6) is 5.75 Å². The van der Waals surface area contributed by atoms with Crippen LogP contribution >= 0.6 is 15.9 Å². The van der Waals surface area contributed by atoms with E-state index in [-0.39, 0.29) is 29.0 Å². The van der Waals surface area contributed by atoms with Crippen LogP contribution in [0.2, 0.25) is 0 Å². The fraction of sp³-hybridized carbons (Fsp3) is 0.355. The highest BCUT2D eigenvalue weighted by atomic mass is 79.9. The van der Waals surface area contributed by atoms with Crippen LogP contribution in [-0.4, -0.2) is 50.9 Å². The van der Waals surface area contributed by atoms with Crippen LogP contribution in [0.15, 0.2) is 82.2 Å². The predicted molar refractivity (Wildman–Crippen MR) is 165 cm³/mol. The van der Waals surface area contributed by atoms with Gasteiger partial charge in [-0.3, -0.25) is 13.9 Å². The number of carbonyl (C=O) groups excluding carboxylic acids is 2. The second-order valence-corrected chi connectivity index (χ2v) is 13.0. The Labute approximate surface area is 251 Å². The van der Waals surface area contributed by atoms with E-state index in [0.717, 1.165) is 19.9 Å². The third kappa shape index (κ3) is 8.56. The molecule has 0 heterocycles. The number of anilines is 1. The zero-order valence-electron chi connectivity index (χ0n) is 24.1. The van der Waals surface area contributed by atoms with Crippen LogP contribution in [0.3, 0.4) is 0 Å². The van der Waals surface area contributed by atoms with E-state index in [4.69, 9.17) is 4.74 Å². The van der Waals surface area contributed by atoms with Crippen molar-refractivity contribution in [2.24, 2.45) is 5.92 Å². The van der Waals surface area contributed by atoms with Crippen molar-refractivity contribution in [1.29, 1.82) is 0 Å². The number of amides is 2. The van der Waals surface area contributed by atoms with Crippen molar-refractivity contribution in [1.82, 2.24) is 10.2 Å². The number of para-hydroxylation sites is 2. The molecule has 10 heteroatoms. The lowest BCUT2D eigenvalue weighted by Gasteiger charge is -2.32. The number of nitrogens with one attached hydrogen (secondary N) is 1. The van der Waals surface area contributed by atoms with E-state index in [9.17, 15) is 18.0 Å². The molecule has 0 aliphatic rings. The van der Waals surface area contributed by atoms with Gasteiger partial charge in [-0.25, -0.2) is 8.42 Å². The maximum atomic E-state index is 14.1. The number of sulfonamides is 1. The zero-order chi connectivity index (χ0) is 30.2. The molecular weight excluding hydrogens is 606 g/mol. The van der Waals surface area contributed by atoms with Crippen molar-refractivity contribution in [3.05, 3.63) is 88.4 Å². The molecular formula is C31H38BrN3O5S. The van der Waals surface area contributed by atoms with Gasteiger partial charge in [-0.1, -0.05) is 71.7 Å². The summed E-state index contributed by atoms with van der Waals surface area (Å²) in [6.07, 6.45) is 0. The minimum atomic E-state index is -4.19. The van der Waals surface area contributed by atoms with Crippen molar-refractivity contribution < 1.29 is 22.7 Å². The third-order valence-corrected chi connectivity index (χ3v) is 8.68. The van der Waals surface area contributed by atoms with Gasteiger partial charge < -0.3 is 15.0 Å². The first kappa shape index (κ1) is 32.1. The van der Waals surface area contributed by atoms with Crippen molar-refractivity contribution in [3.8, 4) is 5.75 Å². The molecule has 0 aromatic heterocycles. The Balaban J connectivity index is 2.07. The summed E-state index contributed by atoms with van der Waals surface area (Å²) < 4.78 is 35.8. The number of hydrogen-bond acceptors (Lipinski definition) is 5. The van der Waals surface area contributed by atoms with Gasteiger partial charge in [0.2, 0.25) is 11.8 Å². The minimum absolute atomic E-state index is 0.0449. The van der Waals surface area contributed by atoms with E-state index in [2.05, 4.69) is 21.2 Å². The van der Waals surface area contributed by atoms with Crippen LogP contribution in [0.25, 0.3) is 0 Å². The number of hydrogen-bond donors (Lipinski definition) is 1. The molecule has 0 spiro atoms. The fourth-order valence-corrected chi connectivity index (χ4v) is 6.03. The van der Waals surface area contributed by atoms with Crippen LogP contribution in [0, 0.1) is 12.8 Å². The molecule has 0 aliphatic carbocycles. The molecule has 0 saturated carbocycles. The fourth-order valence-electron chi connectivity index (χ4n) is 4.16. The van der Waals surface area contributed by atoms with Crippen molar-refractivity contribution in [3.63, 3.8) is 0 Å². The molecule has 8 nitrogen and oxygen atoms in total. The zero-order valence-corrected chi connectivity index (χ0v) is 26.5. The van der Waals surface area contributed by atoms with Crippen molar-refractivity contribution in [2.75, 3.05) is 24.0 Å². The number of carbonyl (C=O) groups is 2. The van der Waals surface area contributed by atoms with E-state index in [0.29, 0.717) is 18.9 Å². The van der Waals surface area contributed by atoms with E-state index in [1.807, 2.05) is 45.0 Å². The molecule has 0 radical (unpaired) electrons. The highest BCUT2D eigenvalue weighted by Crippen LogP contribution is 2.33. The van der Waals surface area contributed by atoms with Crippen LogP contribution in [0.4, 0.5) is 5.69 Å². The highest BCUT2D eigenvalue weighted by Gasteiger charge is 2.33. The molecule has 1 N–H and O–H groups in total. The highest BCUT2D eigenvalue weighted by molar-refractivity contribution is 9.10. The Hall–Kier alpha value is -3.37. The second-order valence-electron chi connectivity index (χ2n) is 10.2. The Morgan fingerprint density at radius 2 is 1.66 bits per heavy atom. The monoisotopic (exact) mass is 643 g/mol. The summed E-state index contributed by atoms with van der Waals surface area (Å²) in [5.41, 5.74) is 1.93. The van der Waals surface area contributed by atoms with Gasteiger partial charge in [0.25, 0.3) is 10.0 Å². The van der Waals surface area contributed by atoms with Crippen molar-refractivity contribution >= 4 is 43.5 Å². The predicted octanol–water partition coefficient (Wildman–Crippen LogP) is 5.54. The summed E-state index contributed by atoms with van der Waals surface area (Å²) >= 11 is 3.46. The van der Waals surface area contributed by atoms with Gasteiger partial charge in [0.05, 0.1) is 17.2 Å². The number of benzene rings is 3.